The number of nitrogens with zero attached hydrogens (tertiary/aromatic N) is 4. The van der Waals surface area contributed by atoms with Gasteiger partial charge in [-0.2, -0.15) is 9.29 Å². The first kappa shape index (κ1) is 25.6. The van der Waals surface area contributed by atoms with Gasteiger partial charge in [-0.1, -0.05) is 5.57 Å². The molecule has 2 fully saturated rings. The van der Waals surface area contributed by atoms with E-state index in [2.05, 4.69) is 15.3 Å². The predicted molar refractivity (Wildman–Crippen MR) is 129 cm³/mol. The number of hydrogen-bond acceptors (Lipinski definition) is 7. The van der Waals surface area contributed by atoms with Gasteiger partial charge >= 0.3 is 0 Å². The second-order valence-corrected chi connectivity index (χ2v) is 11.7. The largest absolute Gasteiger partial charge is 0.388 e. The van der Waals surface area contributed by atoms with Gasteiger partial charge in [0.05, 0.1) is 17.2 Å². The van der Waals surface area contributed by atoms with Crippen LogP contribution in [0.5, 0.6) is 0 Å². The van der Waals surface area contributed by atoms with Crippen LogP contribution in [0.2, 0.25) is 0 Å². The monoisotopic (exact) mass is 511 g/mol. The van der Waals surface area contributed by atoms with E-state index < -0.39 is 39.2 Å². The quantitative estimate of drug-likeness (QED) is 0.611. The van der Waals surface area contributed by atoms with E-state index in [-0.39, 0.29) is 23.0 Å². The van der Waals surface area contributed by atoms with Crippen LogP contribution in [0.3, 0.4) is 0 Å². The van der Waals surface area contributed by atoms with E-state index in [0.717, 1.165) is 6.07 Å². The third-order valence-corrected chi connectivity index (χ3v) is 8.61. The molecule has 0 aromatic carbocycles. The van der Waals surface area contributed by atoms with Gasteiger partial charge in [0, 0.05) is 36.1 Å². The molecule has 2 aliphatic rings. The molecule has 1 saturated carbocycles. The van der Waals surface area contributed by atoms with Gasteiger partial charge in [-0.05, 0) is 58.9 Å². The molecule has 2 atom stereocenters. The van der Waals surface area contributed by atoms with Crippen LogP contribution >= 0.6 is 0 Å². The number of aliphatic hydroxyl groups is 1. The van der Waals surface area contributed by atoms with Gasteiger partial charge in [-0.3, -0.25) is 9.36 Å². The van der Waals surface area contributed by atoms with Crippen LogP contribution in [0.25, 0.3) is 11.0 Å². The number of hydrogen-bond donors (Lipinski definition) is 2. The van der Waals surface area contributed by atoms with Crippen molar-refractivity contribution in [2.24, 2.45) is 0 Å². The molecule has 1 aliphatic heterocycles. The summed E-state index contributed by atoms with van der Waals surface area (Å²) in [5, 5.41) is 15.6. The summed E-state index contributed by atoms with van der Waals surface area (Å²) >= 11 is 0. The van der Waals surface area contributed by atoms with Crippen molar-refractivity contribution in [1.29, 1.82) is 0 Å². The smallest absolute Gasteiger partial charge is 0.269 e. The SMILES string of the molecule is CC(C)=CS(=O)(=O)N1CCC(Nc2ncc3cc(C(F)F)c(=O)n([C@@H]4CCC[C@@]4(C)O)c3n2)CC1. The average molecular weight is 512 g/mol. The zero-order chi connectivity index (χ0) is 25.5. The Morgan fingerprint density at radius 3 is 2.54 bits per heavy atom. The fourth-order valence-electron chi connectivity index (χ4n) is 5.00. The Morgan fingerprint density at radius 1 is 1.29 bits per heavy atom. The minimum atomic E-state index is -3.46. The topological polar surface area (TPSA) is 117 Å². The number of pyridine rings is 1. The summed E-state index contributed by atoms with van der Waals surface area (Å²) in [7, 11) is -3.46. The molecule has 0 spiro atoms. The van der Waals surface area contributed by atoms with Crippen LogP contribution in [0, 0.1) is 0 Å². The van der Waals surface area contributed by atoms with Gasteiger partial charge in [-0.25, -0.2) is 22.2 Å². The van der Waals surface area contributed by atoms with Gasteiger partial charge in [0.2, 0.25) is 16.0 Å². The van der Waals surface area contributed by atoms with Gasteiger partial charge in [0.25, 0.3) is 12.0 Å². The lowest BCUT2D eigenvalue weighted by Crippen LogP contribution is -2.42. The molecule has 9 nitrogen and oxygen atoms in total. The first-order valence-electron chi connectivity index (χ1n) is 11.7. The highest BCUT2D eigenvalue weighted by Crippen LogP contribution is 2.39. The molecule has 3 heterocycles. The molecule has 2 N–H and O–H groups in total. The zero-order valence-electron chi connectivity index (χ0n) is 20.0. The molecule has 1 saturated heterocycles. The molecule has 1 aliphatic carbocycles. The van der Waals surface area contributed by atoms with Crippen molar-refractivity contribution >= 4 is 27.0 Å². The number of anilines is 1. The number of aromatic nitrogens is 3. The highest BCUT2D eigenvalue weighted by Gasteiger charge is 2.40. The van der Waals surface area contributed by atoms with Crippen LogP contribution in [0.1, 0.15) is 70.9 Å². The summed E-state index contributed by atoms with van der Waals surface area (Å²) in [4.78, 5) is 21.8. The van der Waals surface area contributed by atoms with Crippen molar-refractivity contribution in [3.8, 4) is 0 Å². The standard InChI is InChI=1S/C23H31F2N5O4S/c1-14(2)13-35(33,34)29-9-6-16(7-10-29)27-22-26-12-15-11-17(19(24)25)21(31)30(20(15)28-22)18-5-4-8-23(18,3)32/h11-13,16,18-19,32H,4-10H2,1-3H3,(H,26,27,28)/t18-,23-/m1/s1. The molecular formula is C23H31F2N5O4S. The van der Waals surface area contributed by atoms with Crippen molar-refractivity contribution in [2.45, 2.75) is 77.0 Å². The first-order valence-corrected chi connectivity index (χ1v) is 13.2. The van der Waals surface area contributed by atoms with Crippen LogP contribution in [-0.2, 0) is 10.0 Å². The molecular weight excluding hydrogens is 480 g/mol. The van der Waals surface area contributed by atoms with E-state index in [1.807, 2.05) is 0 Å². The molecule has 4 rings (SSSR count). The Balaban J connectivity index is 1.63. The highest BCUT2D eigenvalue weighted by molar-refractivity contribution is 7.92. The Bertz CT molecular complexity index is 1300. The van der Waals surface area contributed by atoms with E-state index in [1.165, 1.54) is 20.5 Å². The molecule has 0 amide bonds. The summed E-state index contributed by atoms with van der Waals surface area (Å²) in [6.45, 7) is 5.75. The van der Waals surface area contributed by atoms with Crippen molar-refractivity contribution < 1.29 is 22.3 Å². The number of nitrogens with one attached hydrogen (secondary N) is 1. The Hall–Kier alpha value is -2.44. The summed E-state index contributed by atoms with van der Waals surface area (Å²) in [6.07, 6.45) is 1.08. The zero-order valence-corrected chi connectivity index (χ0v) is 20.9. The molecule has 12 heteroatoms. The maximum Gasteiger partial charge on any atom is 0.269 e. The summed E-state index contributed by atoms with van der Waals surface area (Å²) < 4.78 is 54.7. The lowest BCUT2D eigenvalue weighted by atomic mass is 9.99. The first-order chi connectivity index (χ1) is 16.4. The average Bonchev–Trinajstić information content (AvgIpc) is 3.11. The number of allylic oxidation sites excluding steroid dienone is 1. The van der Waals surface area contributed by atoms with Crippen LogP contribution in [0.4, 0.5) is 14.7 Å². The summed E-state index contributed by atoms with van der Waals surface area (Å²) in [5.41, 5.74) is -1.83. The van der Waals surface area contributed by atoms with Gasteiger partial charge in [0.1, 0.15) is 5.65 Å². The Kier molecular flexibility index (Phi) is 7.00. The Labute approximate surface area is 202 Å². The number of fused-ring (bicyclic) bond motifs is 1. The second-order valence-electron chi connectivity index (χ2n) is 9.87. The molecule has 0 radical (unpaired) electrons. The third kappa shape index (κ3) is 5.24. The maximum atomic E-state index is 13.6. The minimum Gasteiger partial charge on any atom is -0.388 e. The fraction of sp³-hybridized carbons (Fsp3) is 0.609. The number of sulfonamides is 1. The van der Waals surface area contributed by atoms with Crippen LogP contribution in [0.15, 0.2) is 28.0 Å². The molecule has 0 unspecified atom stereocenters. The van der Waals surface area contributed by atoms with Crippen molar-refractivity contribution in [2.75, 3.05) is 18.4 Å². The van der Waals surface area contributed by atoms with E-state index in [1.54, 1.807) is 20.8 Å². The fourth-order valence-corrected chi connectivity index (χ4v) is 6.47. The normalized spacial score (nSPS) is 24.3. The third-order valence-electron chi connectivity index (χ3n) is 6.76. The molecule has 2 aromatic heterocycles. The van der Waals surface area contributed by atoms with Crippen molar-refractivity contribution in [3.05, 3.63) is 39.2 Å². The van der Waals surface area contributed by atoms with E-state index in [0.29, 0.717) is 50.8 Å². The number of alkyl halides is 2. The molecule has 2 aromatic rings. The van der Waals surface area contributed by atoms with Crippen LogP contribution < -0.4 is 10.9 Å². The van der Waals surface area contributed by atoms with Crippen molar-refractivity contribution in [3.63, 3.8) is 0 Å². The number of rotatable bonds is 6. The van der Waals surface area contributed by atoms with Gasteiger partial charge in [0.15, 0.2) is 0 Å². The van der Waals surface area contributed by atoms with Gasteiger partial charge in [-0.15, -0.1) is 0 Å². The molecule has 192 valence electrons. The molecule has 0 bridgehead atoms. The number of piperidine rings is 1. The van der Waals surface area contributed by atoms with E-state index in [4.69, 9.17) is 0 Å². The second kappa shape index (κ2) is 9.55. The summed E-state index contributed by atoms with van der Waals surface area (Å²) in [6, 6.07) is 0.335. The van der Waals surface area contributed by atoms with E-state index in [9.17, 15) is 27.1 Å². The maximum absolute atomic E-state index is 13.6. The van der Waals surface area contributed by atoms with Crippen molar-refractivity contribution in [1.82, 2.24) is 18.8 Å². The lowest BCUT2D eigenvalue weighted by Gasteiger charge is -2.31. The molecule has 35 heavy (non-hydrogen) atoms. The van der Waals surface area contributed by atoms with Gasteiger partial charge < -0.3 is 10.4 Å². The Morgan fingerprint density at radius 2 is 1.97 bits per heavy atom. The van der Waals surface area contributed by atoms with Crippen LogP contribution in [-0.4, -0.2) is 57.1 Å². The number of halogens is 2. The predicted octanol–water partition coefficient (Wildman–Crippen LogP) is 3.33. The summed E-state index contributed by atoms with van der Waals surface area (Å²) in [5.74, 6) is 0.221. The van der Waals surface area contributed by atoms with E-state index >= 15 is 0 Å². The lowest BCUT2D eigenvalue weighted by molar-refractivity contribution is 0.0261. The minimum absolute atomic E-state index is 0.0966. The highest BCUT2D eigenvalue weighted by atomic mass is 32.2.